The zero-order valence-electron chi connectivity index (χ0n) is 15.2. The Kier molecular flexibility index (Phi) is 5.43. The number of carbonyl (C=O) groups is 1. The molecule has 130 valence electrons. The number of ether oxygens (including phenoxy) is 1. The molecule has 0 aromatic carbocycles. The van der Waals surface area contributed by atoms with Gasteiger partial charge < -0.3 is 9.84 Å². The van der Waals surface area contributed by atoms with Crippen molar-refractivity contribution in [1.29, 1.82) is 0 Å². The van der Waals surface area contributed by atoms with E-state index in [1.165, 1.54) is 0 Å². The standard InChI is InChI=1S/C19H31NO3/c1-6-11-19(22,15-9-7-8-10-15)17(21)23-16-12-14(2)20(5)18(3,4)13-16/h14-16,22H,7-10,12-13H2,1-5H3/t14-,16-,19-/m0/s1. The second-order valence-electron chi connectivity index (χ2n) is 7.86. The quantitative estimate of drug-likeness (QED) is 0.641. The number of piperidine rings is 1. The van der Waals surface area contributed by atoms with Gasteiger partial charge in [-0.1, -0.05) is 18.8 Å². The molecule has 3 atom stereocenters. The van der Waals surface area contributed by atoms with Crippen molar-refractivity contribution in [3.8, 4) is 11.8 Å². The first-order valence-electron chi connectivity index (χ1n) is 8.81. The van der Waals surface area contributed by atoms with Crippen LogP contribution in [0.2, 0.25) is 0 Å². The van der Waals surface area contributed by atoms with Crippen molar-refractivity contribution in [2.24, 2.45) is 5.92 Å². The number of rotatable bonds is 3. The van der Waals surface area contributed by atoms with Crippen molar-refractivity contribution in [3.05, 3.63) is 0 Å². The Morgan fingerprint density at radius 3 is 2.48 bits per heavy atom. The lowest BCUT2D eigenvalue weighted by molar-refractivity contribution is -0.175. The number of aliphatic hydroxyl groups is 1. The van der Waals surface area contributed by atoms with Crippen LogP contribution in [-0.2, 0) is 9.53 Å². The van der Waals surface area contributed by atoms with Crippen molar-refractivity contribution in [3.63, 3.8) is 0 Å². The molecule has 0 spiro atoms. The van der Waals surface area contributed by atoms with Crippen LogP contribution in [0.4, 0.5) is 0 Å². The van der Waals surface area contributed by atoms with Gasteiger partial charge >= 0.3 is 5.97 Å². The summed E-state index contributed by atoms with van der Waals surface area (Å²) in [7, 11) is 2.11. The fourth-order valence-corrected chi connectivity index (χ4v) is 4.10. The maximum atomic E-state index is 12.7. The van der Waals surface area contributed by atoms with E-state index in [1.807, 2.05) is 0 Å². The second-order valence-corrected chi connectivity index (χ2v) is 7.86. The lowest BCUT2D eigenvalue weighted by Gasteiger charge is -2.47. The highest BCUT2D eigenvalue weighted by atomic mass is 16.6. The molecule has 1 heterocycles. The van der Waals surface area contributed by atoms with Gasteiger partial charge in [0, 0.05) is 23.9 Å². The van der Waals surface area contributed by atoms with E-state index in [0.717, 1.165) is 38.5 Å². The summed E-state index contributed by atoms with van der Waals surface area (Å²) in [6.45, 7) is 8.14. The first kappa shape index (κ1) is 18.3. The molecular weight excluding hydrogens is 290 g/mol. The van der Waals surface area contributed by atoms with Crippen LogP contribution in [-0.4, -0.2) is 46.3 Å². The molecule has 4 nitrogen and oxygen atoms in total. The third-order valence-electron chi connectivity index (χ3n) is 5.79. The third kappa shape index (κ3) is 3.72. The van der Waals surface area contributed by atoms with E-state index in [-0.39, 0.29) is 17.6 Å². The van der Waals surface area contributed by atoms with Crippen LogP contribution in [0.3, 0.4) is 0 Å². The highest BCUT2D eigenvalue weighted by Gasteiger charge is 2.47. The maximum absolute atomic E-state index is 12.7. The van der Waals surface area contributed by atoms with Crippen molar-refractivity contribution in [2.75, 3.05) is 7.05 Å². The largest absolute Gasteiger partial charge is 0.459 e. The molecule has 4 heteroatoms. The lowest BCUT2D eigenvalue weighted by Crippen LogP contribution is -2.55. The third-order valence-corrected chi connectivity index (χ3v) is 5.79. The first-order valence-corrected chi connectivity index (χ1v) is 8.81. The normalized spacial score (nSPS) is 31.0. The molecule has 1 saturated heterocycles. The molecule has 1 N–H and O–H groups in total. The Balaban J connectivity index is 2.11. The highest BCUT2D eigenvalue weighted by Crippen LogP contribution is 2.37. The minimum absolute atomic E-state index is 0.0233. The smallest absolute Gasteiger partial charge is 0.351 e. The SMILES string of the molecule is CC#C[C@@](O)(C(=O)O[C@H]1C[C@H](C)N(C)C(C)(C)C1)C1CCCC1. The average molecular weight is 321 g/mol. The average Bonchev–Trinajstić information content (AvgIpc) is 2.99. The van der Waals surface area contributed by atoms with Gasteiger partial charge in [0.1, 0.15) is 6.10 Å². The molecule has 0 radical (unpaired) electrons. The Morgan fingerprint density at radius 2 is 1.96 bits per heavy atom. The fourth-order valence-electron chi connectivity index (χ4n) is 4.10. The first-order chi connectivity index (χ1) is 10.7. The second kappa shape index (κ2) is 6.83. The molecule has 0 unspecified atom stereocenters. The maximum Gasteiger partial charge on any atom is 0.351 e. The predicted octanol–water partition coefficient (Wildman–Crippen LogP) is 2.74. The van der Waals surface area contributed by atoms with Gasteiger partial charge in [0.05, 0.1) is 0 Å². The summed E-state index contributed by atoms with van der Waals surface area (Å²) in [5.41, 5.74) is -1.66. The van der Waals surface area contributed by atoms with Gasteiger partial charge in [-0.15, -0.1) is 5.92 Å². The summed E-state index contributed by atoms with van der Waals surface area (Å²) < 4.78 is 5.76. The Hall–Kier alpha value is -1.05. The number of esters is 1. The molecule has 0 bridgehead atoms. The van der Waals surface area contributed by atoms with E-state index in [4.69, 9.17) is 4.74 Å². The van der Waals surface area contributed by atoms with Gasteiger partial charge in [0.15, 0.2) is 0 Å². The van der Waals surface area contributed by atoms with Crippen LogP contribution in [0, 0.1) is 17.8 Å². The Morgan fingerprint density at radius 1 is 1.35 bits per heavy atom. The minimum atomic E-state index is -1.64. The molecule has 2 fully saturated rings. The van der Waals surface area contributed by atoms with E-state index >= 15 is 0 Å². The van der Waals surface area contributed by atoms with Gasteiger partial charge in [0.25, 0.3) is 0 Å². The number of nitrogens with zero attached hydrogens (tertiary/aromatic N) is 1. The van der Waals surface area contributed by atoms with Crippen LogP contribution < -0.4 is 0 Å². The van der Waals surface area contributed by atoms with Crippen molar-refractivity contribution >= 4 is 5.97 Å². The summed E-state index contributed by atoms with van der Waals surface area (Å²) in [5.74, 6) is 4.83. The summed E-state index contributed by atoms with van der Waals surface area (Å²) in [4.78, 5) is 15.0. The van der Waals surface area contributed by atoms with Crippen LogP contribution in [0.15, 0.2) is 0 Å². The van der Waals surface area contributed by atoms with Crippen LogP contribution >= 0.6 is 0 Å². The molecule has 2 rings (SSSR count). The number of likely N-dealkylation sites (tertiary alicyclic amines) is 1. The Bertz CT molecular complexity index is 498. The van der Waals surface area contributed by atoms with Crippen LogP contribution in [0.5, 0.6) is 0 Å². The van der Waals surface area contributed by atoms with E-state index < -0.39 is 11.6 Å². The number of hydrogen-bond acceptors (Lipinski definition) is 4. The summed E-state index contributed by atoms with van der Waals surface area (Å²) in [5, 5.41) is 10.9. The van der Waals surface area contributed by atoms with Crippen LogP contribution in [0.25, 0.3) is 0 Å². The highest BCUT2D eigenvalue weighted by molar-refractivity contribution is 5.84. The minimum Gasteiger partial charge on any atom is -0.459 e. The predicted molar refractivity (Wildman–Crippen MR) is 90.8 cm³/mol. The molecular formula is C19H31NO3. The van der Waals surface area contributed by atoms with Gasteiger partial charge in [0.2, 0.25) is 5.60 Å². The van der Waals surface area contributed by atoms with Gasteiger partial charge in [-0.25, -0.2) is 4.79 Å². The van der Waals surface area contributed by atoms with Gasteiger partial charge in [-0.05, 0) is 54.0 Å². The summed E-state index contributed by atoms with van der Waals surface area (Å²) >= 11 is 0. The zero-order valence-corrected chi connectivity index (χ0v) is 15.2. The lowest BCUT2D eigenvalue weighted by atomic mass is 9.84. The van der Waals surface area contributed by atoms with Gasteiger partial charge in [-0.2, -0.15) is 0 Å². The van der Waals surface area contributed by atoms with Crippen molar-refractivity contribution in [2.45, 2.75) is 89.5 Å². The summed E-state index contributed by atoms with van der Waals surface area (Å²) in [6.07, 6.45) is 5.19. The molecule has 0 aromatic rings. The number of carbonyl (C=O) groups excluding carboxylic acids is 1. The van der Waals surface area contributed by atoms with E-state index in [1.54, 1.807) is 6.92 Å². The van der Waals surface area contributed by atoms with E-state index in [2.05, 4.69) is 44.6 Å². The summed E-state index contributed by atoms with van der Waals surface area (Å²) in [6, 6.07) is 0.341. The van der Waals surface area contributed by atoms with Crippen LogP contribution in [0.1, 0.15) is 66.2 Å². The molecule has 2 aliphatic rings. The molecule has 1 aliphatic heterocycles. The number of hydrogen-bond donors (Lipinski definition) is 1. The monoisotopic (exact) mass is 321 g/mol. The molecule has 0 amide bonds. The topological polar surface area (TPSA) is 49.8 Å². The molecule has 1 saturated carbocycles. The van der Waals surface area contributed by atoms with Gasteiger partial charge in [-0.3, -0.25) is 4.90 Å². The van der Waals surface area contributed by atoms with Crippen molar-refractivity contribution < 1.29 is 14.6 Å². The Labute approximate surface area is 140 Å². The van der Waals surface area contributed by atoms with Crippen molar-refractivity contribution in [1.82, 2.24) is 4.90 Å². The fraction of sp³-hybridized carbons (Fsp3) is 0.842. The van der Waals surface area contributed by atoms with E-state index in [9.17, 15) is 9.90 Å². The molecule has 23 heavy (non-hydrogen) atoms. The zero-order chi connectivity index (χ0) is 17.3. The van der Waals surface area contributed by atoms with E-state index in [0.29, 0.717) is 6.04 Å². The molecule has 0 aromatic heterocycles. The molecule has 1 aliphatic carbocycles.